The number of halogens is 2. The zero-order valence-corrected chi connectivity index (χ0v) is 14.8. The molecule has 0 radical (unpaired) electrons. The van der Waals surface area contributed by atoms with Crippen molar-refractivity contribution in [3.05, 3.63) is 65.2 Å². The van der Waals surface area contributed by atoms with E-state index in [1.54, 1.807) is 0 Å². The third kappa shape index (κ3) is 3.89. The molecule has 1 heterocycles. The summed E-state index contributed by atoms with van der Waals surface area (Å²) in [6.07, 6.45) is 0. The Kier molecular flexibility index (Phi) is 5.17. The second-order valence-corrected chi connectivity index (χ2v) is 8.09. The van der Waals surface area contributed by atoms with Crippen LogP contribution in [0, 0.1) is 18.6 Å². The molecule has 0 unspecified atom stereocenters. The highest BCUT2D eigenvalue weighted by Crippen LogP contribution is 2.22. The molecule has 0 N–H and O–H groups in total. The lowest BCUT2D eigenvalue weighted by atomic mass is 10.1. The van der Waals surface area contributed by atoms with E-state index >= 15 is 0 Å². The van der Waals surface area contributed by atoms with E-state index in [0.29, 0.717) is 13.1 Å². The van der Waals surface area contributed by atoms with E-state index < -0.39 is 26.6 Å². The fourth-order valence-corrected chi connectivity index (χ4v) is 4.47. The van der Waals surface area contributed by atoms with Crippen molar-refractivity contribution in [1.82, 2.24) is 9.21 Å². The third-order valence-electron chi connectivity index (χ3n) is 4.50. The molecule has 0 aromatic heterocycles. The molecule has 1 saturated heterocycles. The highest BCUT2D eigenvalue weighted by atomic mass is 32.2. The van der Waals surface area contributed by atoms with Gasteiger partial charge in [0.05, 0.1) is 0 Å². The SMILES string of the molecule is Cc1ccccc1CN1CCN(S(=O)(=O)c2cc(F)ccc2F)CC1. The van der Waals surface area contributed by atoms with Gasteiger partial charge in [0, 0.05) is 32.7 Å². The van der Waals surface area contributed by atoms with Crippen LogP contribution in [-0.4, -0.2) is 43.8 Å². The van der Waals surface area contributed by atoms with Crippen LogP contribution in [0.3, 0.4) is 0 Å². The summed E-state index contributed by atoms with van der Waals surface area (Å²) >= 11 is 0. The maximum Gasteiger partial charge on any atom is 0.246 e. The minimum absolute atomic E-state index is 0.254. The van der Waals surface area contributed by atoms with Crippen LogP contribution in [0.25, 0.3) is 0 Å². The van der Waals surface area contributed by atoms with Crippen LogP contribution in [0.4, 0.5) is 8.78 Å². The van der Waals surface area contributed by atoms with Crippen molar-refractivity contribution in [3.8, 4) is 0 Å². The number of rotatable bonds is 4. The van der Waals surface area contributed by atoms with Gasteiger partial charge in [0.25, 0.3) is 0 Å². The van der Waals surface area contributed by atoms with Crippen molar-refractivity contribution in [2.24, 2.45) is 0 Å². The Morgan fingerprint density at radius 1 is 1.00 bits per heavy atom. The smallest absolute Gasteiger partial charge is 0.246 e. The summed E-state index contributed by atoms with van der Waals surface area (Å²) in [6.45, 7) is 4.39. The minimum atomic E-state index is -4.03. The summed E-state index contributed by atoms with van der Waals surface area (Å²) in [6, 6.07) is 10.6. The van der Waals surface area contributed by atoms with Gasteiger partial charge in [0.2, 0.25) is 10.0 Å². The van der Waals surface area contributed by atoms with Gasteiger partial charge in [-0.05, 0) is 36.2 Å². The zero-order valence-electron chi connectivity index (χ0n) is 14.0. The lowest BCUT2D eigenvalue weighted by Gasteiger charge is -2.34. The summed E-state index contributed by atoms with van der Waals surface area (Å²) in [5.74, 6) is -1.69. The molecule has 0 saturated carbocycles. The van der Waals surface area contributed by atoms with Gasteiger partial charge in [-0.15, -0.1) is 0 Å². The van der Waals surface area contributed by atoms with Gasteiger partial charge in [-0.25, -0.2) is 17.2 Å². The fourth-order valence-electron chi connectivity index (χ4n) is 2.97. The van der Waals surface area contributed by atoms with E-state index in [4.69, 9.17) is 0 Å². The van der Waals surface area contributed by atoms with E-state index in [2.05, 4.69) is 11.0 Å². The van der Waals surface area contributed by atoms with Crippen LogP contribution in [0.1, 0.15) is 11.1 Å². The molecule has 1 aliphatic heterocycles. The third-order valence-corrected chi connectivity index (χ3v) is 6.41. The van der Waals surface area contributed by atoms with Crippen LogP contribution >= 0.6 is 0 Å². The lowest BCUT2D eigenvalue weighted by molar-refractivity contribution is 0.181. The predicted octanol–water partition coefficient (Wildman–Crippen LogP) is 2.78. The van der Waals surface area contributed by atoms with Crippen molar-refractivity contribution >= 4 is 10.0 Å². The Morgan fingerprint density at radius 3 is 2.36 bits per heavy atom. The van der Waals surface area contributed by atoms with Crippen LogP contribution in [0.2, 0.25) is 0 Å². The molecule has 7 heteroatoms. The highest BCUT2D eigenvalue weighted by Gasteiger charge is 2.31. The van der Waals surface area contributed by atoms with Crippen LogP contribution < -0.4 is 0 Å². The number of benzene rings is 2. The van der Waals surface area contributed by atoms with Crippen molar-refractivity contribution in [1.29, 1.82) is 0 Å². The molecule has 134 valence electrons. The summed E-state index contributed by atoms with van der Waals surface area (Å²) < 4.78 is 53.6. The first-order chi connectivity index (χ1) is 11.9. The Hall–Kier alpha value is -1.83. The van der Waals surface area contributed by atoms with Gasteiger partial charge in [-0.1, -0.05) is 24.3 Å². The maximum atomic E-state index is 13.8. The fraction of sp³-hybridized carbons (Fsp3) is 0.333. The molecule has 2 aromatic carbocycles. The van der Waals surface area contributed by atoms with Gasteiger partial charge in [-0.3, -0.25) is 4.90 Å². The Morgan fingerprint density at radius 2 is 1.68 bits per heavy atom. The molecule has 3 rings (SSSR count). The summed E-state index contributed by atoms with van der Waals surface area (Å²) in [5, 5.41) is 0. The maximum absolute atomic E-state index is 13.8. The van der Waals surface area contributed by atoms with Crippen molar-refractivity contribution in [2.45, 2.75) is 18.4 Å². The quantitative estimate of drug-likeness (QED) is 0.836. The number of aryl methyl sites for hydroxylation is 1. The van der Waals surface area contributed by atoms with E-state index in [0.717, 1.165) is 24.7 Å². The average molecular weight is 366 g/mol. The second kappa shape index (κ2) is 7.19. The van der Waals surface area contributed by atoms with Crippen LogP contribution in [-0.2, 0) is 16.6 Å². The molecular formula is C18H20F2N2O2S. The number of piperazine rings is 1. The molecular weight excluding hydrogens is 346 g/mol. The van der Waals surface area contributed by atoms with E-state index in [9.17, 15) is 17.2 Å². The summed E-state index contributed by atoms with van der Waals surface area (Å²) in [7, 11) is -4.03. The Labute approximate surface area is 146 Å². The topological polar surface area (TPSA) is 40.6 Å². The lowest BCUT2D eigenvalue weighted by Crippen LogP contribution is -2.48. The molecule has 0 spiro atoms. The molecule has 2 aromatic rings. The van der Waals surface area contributed by atoms with Crippen molar-refractivity contribution in [3.63, 3.8) is 0 Å². The van der Waals surface area contributed by atoms with E-state index in [1.165, 1.54) is 15.4 Å². The largest absolute Gasteiger partial charge is 0.296 e. The molecule has 1 fully saturated rings. The average Bonchev–Trinajstić information content (AvgIpc) is 2.59. The Bertz CT molecular complexity index is 863. The Balaban J connectivity index is 1.69. The first kappa shape index (κ1) is 18.0. The normalized spacial score (nSPS) is 16.9. The standard InChI is InChI=1S/C18H20F2N2O2S/c1-14-4-2-3-5-15(14)13-21-8-10-22(11-9-21)25(23,24)18-12-16(19)6-7-17(18)20/h2-7,12H,8-11,13H2,1H3. The molecule has 0 aliphatic carbocycles. The number of nitrogens with zero attached hydrogens (tertiary/aromatic N) is 2. The highest BCUT2D eigenvalue weighted by molar-refractivity contribution is 7.89. The van der Waals surface area contributed by atoms with Gasteiger partial charge < -0.3 is 0 Å². The van der Waals surface area contributed by atoms with E-state index in [-0.39, 0.29) is 13.1 Å². The minimum Gasteiger partial charge on any atom is -0.296 e. The molecule has 25 heavy (non-hydrogen) atoms. The molecule has 0 amide bonds. The van der Waals surface area contributed by atoms with E-state index in [1.807, 2.05) is 25.1 Å². The first-order valence-electron chi connectivity index (χ1n) is 8.10. The number of hydrogen-bond donors (Lipinski definition) is 0. The molecule has 1 aliphatic rings. The van der Waals surface area contributed by atoms with Gasteiger partial charge >= 0.3 is 0 Å². The first-order valence-corrected chi connectivity index (χ1v) is 9.54. The van der Waals surface area contributed by atoms with Crippen LogP contribution in [0.15, 0.2) is 47.4 Å². The van der Waals surface area contributed by atoms with Gasteiger partial charge in [-0.2, -0.15) is 4.31 Å². The van der Waals surface area contributed by atoms with Gasteiger partial charge in [0.1, 0.15) is 16.5 Å². The second-order valence-electron chi connectivity index (χ2n) is 6.18. The van der Waals surface area contributed by atoms with Crippen LogP contribution in [0.5, 0.6) is 0 Å². The number of hydrogen-bond acceptors (Lipinski definition) is 3. The molecule has 4 nitrogen and oxygen atoms in total. The molecule has 0 bridgehead atoms. The van der Waals surface area contributed by atoms with Gasteiger partial charge in [0.15, 0.2) is 0 Å². The molecule has 0 atom stereocenters. The van der Waals surface area contributed by atoms with Crippen molar-refractivity contribution < 1.29 is 17.2 Å². The summed E-state index contributed by atoms with van der Waals surface area (Å²) in [5.41, 5.74) is 2.40. The van der Waals surface area contributed by atoms with Crippen molar-refractivity contribution in [2.75, 3.05) is 26.2 Å². The summed E-state index contributed by atoms with van der Waals surface area (Å²) in [4.78, 5) is 1.57. The number of sulfonamides is 1. The monoisotopic (exact) mass is 366 g/mol. The zero-order chi connectivity index (χ0) is 18.0. The predicted molar refractivity (Wildman–Crippen MR) is 91.6 cm³/mol.